The van der Waals surface area contributed by atoms with Crippen LogP contribution in [0.2, 0.25) is 0 Å². The maximum atomic E-state index is 13.3. The first-order chi connectivity index (χ1) is 19.7. The van der Waals surface area contributed by atoms with Gasteiger partial charge in [0.1, 0.15) is 17.8 Å². The molecule has 11 heteroatoms. The summed E-state index contributed by atoms with van der Waals surface area (Å²) in [5.74, 6) is -2.26. The molecule has 3 atom stereocenters. The molecule has 1 fully saturated rings. The van der Waals surface area contributed by atoms with Crippen LogP contribution in [0.15, 0.2) is 48.5 Å². The molecule has 0 radical (unpaired) electrons. The molecule has 5 N–H and O–H groups in total. The van der Waals surface area contributed by atoms with Crippen LogP contribution in [-0.4, -0.2) is 73.3 Å². The van der Waals surface area contributed by atoms with Gasteiger partial charge in [0.25, 0.3) is 0 Å². The van der Waals surface area contributed by atoms with Gasteiger partial charge in [-0.2, -0.15) is 0 Å². The predicted molar refractivity (Wildman–Crippen MR) is 152 cm³/mol. The van der Waals surface area contributed by atoms with Crippen molar-refractivity contribution in [1.82, 2.24) is 21.3 Å². The zero-order valence-electron chi connectivity index (χ0n) is 23.6. The third-order valence-corrected chi connectivity index (χ3v) is 6.76. The van der Waals surface area contributed by atoms with Gasteiger partial charge in [-0.3, -0.25) is 19.2 Å². The Hall–Kier alpha value is -3.96. The Labute approximate surface area is 240 Å². The lowest BCUT2D eigenvalue weighted by Gasteiger charge is -2.23. The van der Waals surface area contributed by atoms with Gasteiger partial charge >= 0.3 is 5.97 Å². The second kappa shape index (κ2) is 16.3. The quantitative estimate of drug-likeness (QED) is 0.216. The number of amides is 3. The van der Waals surface area contributed by atoms with E-state index in [-0.39, 0.29) is 19.1 Å². The van der Waals surface area contributed by atoms with Gasteiger partial charge in [-0.1, -0.05) is 36.4 Å². The summed E-state index contributed by atoms with van der Waals surface area (Å²) in [5.41, 5.74) is 2.81. The van der Waals surface area contributed by atoms with Crippen molar-refractivity contribution in [2.75, 3.05) is 26.3 Å². The second-order valence-corrected chi connectivity index (χ2v) is 10.1. The number of aryl methyl sites for hydroxylation is 2. The van der Waals surface area contributed by atoms with Crippen molar-refractivity contribution >= 4 is 23.7 Å². The average molecular weight is 569 g/mol. The highest BCUT2D eigenvalue weighted by Crippen LogP contribution is 2.18. The van der Waals surface area contributed by atoms with E-state index in [1.54, 1.807) is 0 Å². The molecule has 1 aliphatic heterocycles. The molecule has 1 unspecified atom stereocenters. The van der Waals surface area contributed by atoms with E-state index in [0.717, 1.165) is 36.2 Å². The number of benzene rings is 2. The van der Waals surface area contributed by atoms with E-state index in [4.69, 9.17) is 9.47 Å². The number of nitrogens with one attached hydrogen (secondary N) is 4. The monoisotopic (exact) mass is 568 g/mol. The van der Waals surface area contributed by atoms with Gasteiger partial charge in [0.15, 0.2) is 0 Å². The normalized spacial score (nSPS) is 16.2. The first-order valence-electron chi connectivity index (χ1n) is 13.9. The zero-order valence-corrected chi connectivity index (χ0v) is 23.6. The van der Waals surface area contributed by atoms with E-state index in [2.05, 4.69) is 21.3 Å². The minimum atomic E-state index is -1.30. The first-order valence-corrected chi connectivity index (χ1v) is 13.9. The largest absolute Gasteiger partial charge is 0.493 e. The van der Waals surface area contributed by atoms with E-state index in [9.17, 15) is 24.3 Å². The Kier molecular flexibility index (Phi) is 12.6. The number of morpholine rings is 1. The van der Waals surface area contributed by atoms with Crippen LogP contribution in [-0.2, 0) is 36.9 Å². The number of aliphatic carboxylic acids is 1. The maximum Gasteiger partial charge on any atom is 0.305 e. The summed E-state index contributed by atoms with van der Waals surface area (Å²) in [6.45, 7) is 6.20. The van der Waals surface area contributed by atoms with Crippen LogP contribution in [0.3, 0.4) is 0 Å². The van der Waals surface area contributed by atoms with Crippen LogP contribution in [0.4, 0.5) is 0 Å². The van der Waals surface area contributed by atoms with Crippen molar-refractivity contribution in [1.29, 1.82) is 0 Å². The van der Waals surface area contributed by atoms with Crippen LogP contribution in [0, 0.1) is 6.92 Å². The van der Waals surface area contributed by atoms with Crippen molar-refractivity contribution in [3.63, 3.8) is 0 Å². The fourth-order valence-corrected chi connectivity index (χ4v) is 4.47. The SMILES string of the molecule is CC(=O)N[C@@H](CC(=O)O)C(=O)N[C@@H](CCc1ccccc1)C(=O)NCc1cc(OCCC2CNCCO2)ccc1C. The van der Waals surface area contributed by atoms with Crippen LogP contribution >= 0.6 is 0 Å². The van der Waals surface area contributed by atoms with Crippen LogP contribution < -0.4 is 26.0 Å². The summed E-state index contributed by atoms with van der Waals surface area (Å²) in [6, 6.07) is 13.0. The summed E-state index contributed by atoms with van der Waals surface area (Å²) in [7, 11) is 0. The van der Waals surface area contributed by atoms with Crippen molar-refractivity contribution in [2.45, 2.75) is 64.3 Å². The third-order valence-electron chi connectivity index (χ3n) is 6.76. The highest BCUT2D eigenvalue weighted by molar-refractivity contribution is 5.93. The molecule has 3 amide bonds. The van der Waals surface area contributed by atoms with Crippen LogP contribution in [0.1, 0.15) is 42.9 Å². The number of ether oxygens (including phenoxy) is 2. The van der Waals surface area contributed by atoms with Gasteiger partial charge in [0, 0.05) is 33.0 Å². The summed E-state index contributed by atoms with van der Waals surface area (Å²) in [4.78, 5) is 49.0. The minimum absolute atomic E-state index is 0.122. The van der Waals surface area contributed by atoms with Crippen molar-refractivity contribution in [2.24, 2.45) is 0 Å². The molecular formula is C30H40N4O7. The molecule has 2 aromatic carbocycles. The molecule has 0 spiro atoms. The van der Waals surface area contributed by atoms with Crippen molar-refractivity contribution in [3.8, 4) is 5.75 Å². The van der Waals surface area contributed by atoms with Gasteiger partial charge < -0.3 is 35.8 Å². The van der Waals surface area contributed by atoms with Gasteiger partial charge in [0.05, 0.1) is 25.7 Å². The molecule has 11 nitrogen and oxygen atoms in total. The smallest absolute Gasteiger partial charge is 0.305 e. The molecule has 222 valence electrons. The third kappa shape index (κ3) is 11.2. The standard InChI is InChI=1S/C30H40N4O7/c1-20-8-10-24(40-14-12-25-19-31-13-15-41-25)16-23(20)18-32-29(38)26(11-9-22-6-4-3-5-7-22)34-30(39)27(17-28(36)37)33-21(2)35/h3-8,10,16,25-27,31H,9,11-15,17-19H2,1-2H3,(H,32,38)(H,33,35)(H,34,39)(H,36,37)/t25?,26-,27-/m0/s1. The van der Waals surface area contributed by atoms with Crippen LogP contribution in [0.5, 0.6) is 5.75 Å². The van der Waals surface area contributed by atoms with E-state index >= 15 is 0 Å². The number of carbonyl (C=O) groups is 4. The predicted octanol–water partition coefficient (Wildman–Crippen LogP) is 1.47. The number of carboxylic acid groups (broad SMARTS) is 1. The summed E-state index contributed by atoms with van der Waals surface area (Å²) in [5, 5.41) is 20.4. The summed E-state index contributed by atoms with van der Waals surface area (Å²) in [6.07, 6.45) is 1.06. The van der Waals surface area contributed by atoms with E-state index < -0.39 is 42.2 Å². The van der Waals surface area contributed by atoms with Crippen LogP contribution in [0.25, 0.3) is 0 Å². The molecule has 0 aromatic heterocycles. The fourth-order valence-electron chi connectivity index (χ4n) is 4.47. The summed E-state index contributed by atoms with van der Waals surface area (Å²) >= 11 is 0. The Balaban J connectivity index is 1.63. The zero-order chi connectivity index (χ0) is 29.6. The molecule has 0 saturated carbocycles. The average Bonchev–Trinajstić information content (AvgIpc) is 2.95. The summed E-state index contributed by atoms with van der Waals surface area (Å²) < 4.78 is 11.6. The fraction of sp³-hybridized carbons (Fsp3) is 0.467. The minimum Gasteiger partial charge on any atom is -0.493 e. The van der Waals surface area contributed by atoms with Gasteiger partial charge in [0.2, 0.25) is 17.7 Å². The van der Waals surface area contributed by atoms with E-state index in [0.29, 0.717) is 25.4 Å². The Bertz CT molecular complexity index is 1150. The number of hydrogen-bond donors (Lipinski definition) is 5. The molecule has 41 heavy (non-hydrogen) atoms. The number of carbonyl (C=O) groups excluding carboxylic acids is 3. The Morgan fingerprint density at radius 1 is 1.07 bits per heavy atom. The van der Waals surface area contributed by atoms with E-state index in [1.165, 1.54) is 6.92 Å². The molecule has 1 aliphatic rings. The number of rotatable bonds is 15. The lowest BCUT2D eigenvalue weighted by molar-refractivity contribution is -0.140. The first kappa shape index (κ1) is 31.6. The topological polar surface area (TPSA) is 155 Å². The molecular weight excluding hydrogens is 528 g/mol. The van der Waals surface area contributed by atoms with E-state index in [1.807, 2.05) is 55.5 Å². The molecule has 1 heterocycles. The number of carboxylic acids is 1. The van der Waals surface area contributed by atoms with Crippen molar-refractivity contribution < 1.29 is 33.8 Å². The highest BCUT2D eigenvalue weighted by Gasteiger charge is 2.28. The number of hydrogen-bond acceptors (Lipinski definition) is 7. The maximum absolute atomic E-state index is 13.3. The van der Waals surface area contributed by atoms with Crippen molar-refractivity contribution in [3.05, 3.63) is 65.2 Å². The molecule has 2 aromatic rings. The Morgan fingerprint density at radius 3 is 2.54 bits per heavy atom. The molecule has 0 bridgehead atoms. The second-order valence-electron chi connectivity index (χ2n) is 10.1. The van der Waals surface area contributed by atoms with Gasteiger partial charge in [-0.05, 0) is 48.6 Å². The van der Waals surface area contributed by atoms with Gasteiger partial charge in [-0.15, -0.1) is 0 Å². The highest BCUT2D eigenvalue weighted by atomic mass is 16.5. The molecule has 0 aliphatic carbocycles. The molecule has 3 rings (SSSR count). The Morgan fingerprint density at radius 2 is 1.85 bits per heavy atom. The molecule has 1 saturated heterocycles. The van der Waals surface area contributed by atoms with Gasteiger partial charge in [-0.25, -0.2) is 0 Å². The lowest BCUT2D eigenvalue weighted by atomic mass is 10.0. The lowest BCUT2D eigenvalue weighted by Crippen LogP contribution is -2.54.